The van der Waals surface area contributed by atoms with Crippen molar-refractivity contribution in [3.63, 3.8) is 0 Å². The molecule has 3 aromatic heterocycles. The topological polar surface area (TPSA) is 96.7 Å². The van der Waals surface area contributed by atoms with Gasteiger partial charge in [-0.3, -0.25) is 4.79 Å². The molecule has 0 saturated carbocycles. The molecule has 0 spiro atoms. The highest BCUT2D eigenvalue weighted by atomic mass is 16.5. The van der Waals surface area contributed by atoms with Gasteiger partial charge < -0.3 is 24.7 Å². The molecule has 0 bridgehead atoms. The highest BCUT2D eigenvalue weighted by Crippen LogP contribution is 2.22. The number of anilines is 2. The molecule has 1 saturated heterocycles. The quantitative estimate of drug-likeness (QED) is 0.707. The molecular formula is C19H23N7O2. The fourth-order valence-corrected chi connectivity index (χ4v) is 3.37. The molecule has 4 rings (SSSR count). The number of imidazole rings is 1. The molecule has 0 aliphatic carbocycles. The van der Waals surface area contributed by atoms with Gasteiger partial charge in [0.25, 0.3) is 5.91 Å². The van der Waals surface area contributed by atoms with Crippen molar-refractivity contribution in [2.75, 3.05) is 37.0 Å². The number of hydrogen-bond donors (Lipinski definition) is 2. The Hall–Kier alpha value is -3.20. The number of fused-ring (bicyclic) bond motifs is 1. The van der Waals surface area contributed by atoms with Crippen molar-refractivity contribution < 1.29 is 9.53 Å². The summed E-state index contributed by atoms with van der Waals surface area (Å²) in [5, 5.41) is 14.6. The number of aryl methyl sites for hydroxylation is 1. The van der Waals surface area contributed by atoms with Crippen LogP contribution < -0.4 is 20.3 Å². The van der Waals surface area contributed by atoms with Gasteiger partial charge in [0, 0.05) is 44.1 Å². The Morgan fingerprint density at radius 2 is 2.18 bits per heavy atom. The SMILES string of the molecule is COc1cc2nc(C)cn2cc1C(=O)Nc1ccc(N2CCNC(C)C2)nn1. The number of pyridine rings is 1. The first-order chi connectivity index (χ1) is 13.5. The van der Waals surface area contributed by atoms with Gasteiger partial charge in [-0.25, -0.2) is 4.98 Å². The number of carbonyl (C=O) groups excluding carboxylic acids is 1. The highest BCUT2D eigenvalue weighted by molar-refractivity contribution is 6.05. The molecule has 146 valence electrons. The summed E-state index contributed by atoms with van der Waals surface area (Å²) >= 11 is 0. The van der Waals surface area contributed by atoms with E-state index >= 15 is 0 Å². The van der Waals surface area contributed by atoms with Crippen LogP contribution in [0.2, 0.25) is 0 Å². The average molecular weight is 381 g/mol. The lowest BCUT2D eigenvalue weighted by atomic mass is 10.2. The van der Waals surface area contributed by atoms with Crippen molar-refractivity contribution in [2.45, 2.75) is 19.9 Å². The predicted octanol–water partition coefficient (Wildman–Crippen LogP) is 1.49. The molecule has 0 radical (unpaired) electrons. The highest BCUT2D eigenvalue weighted by Gasteiger charge is 2.19. The number of methoxy groups -OCH3 is 1. The van der Waals surface area contributed by atoms with Crippen molar-refractivity contribution in [2.24, 2.45) is 0 Å². The Morgan fingerprint density at radius 1 is 1.32 bits per heavy atom. The molecule has 9 nitrogen and oxygen atoms in total. The van der Waals surface area contributed by atoms with Gasteiger partial charge in [-0.05, 0) is 26.0 Å². The number of nitrogens with zero attached hydrogens (tertiary/aromatic N) is 5. The minimum Gasteiger partial charge on any atom is -0.496 e. The average Bonchev–Trinajstić information content (AvgIpc) is 3.06. The molecule has 1 aliphatic rings. The molecule has 1 amide bonds. The molecule has 28 heavy (non-hydrogen) atoms. The predicted molar refractivity (Wildman–Crippen MR) is 106 cm³/mol. The zero-order chi connectivity index (χ0) is 19.7. The summed E-state index contributed by atoms with van der Waals surface area (Å²) in [6.45, 7) is 6.71. The lowest BCUT2D eigenvalue weighted by molar-refractivity contribution is 0.102. The second-order valence-corrected chi connectivity index (χ2v) is 6.94. The van der Waals surface area contributed by atoms with Crippen molar-refractivity contribution in [1.82, 2.24) is 24.9 Å². The van der Waals surface area contributed by atoms with Crippen LogP contribution in [0.25, 0.3) is 5.65 Å². The third-order valence-corrected chi connectivity index (χ3v) is 4.72. The molecule has 4 heterocycles. The number of amides is 1. The van der Waals surface area contributed by atoms with Crippen LogP contribution in [0, 0.1) is 6.92 Å². The van der Waals surface area contributed by atoms with E-state index in [1.165, 1.54) is 7.11 Å². The van der Waals surface area contributed by atoms with Crippen LogP contribution in [0.4, 0.5) is 11.6 Å². The zero-order valence-corrected chi connectivity index (χ0v) is 16.1. The largest absolute Gasteiger partial charge is 0.496 e. The monoisotopic (exact) mass is 381 g/mol. The van der Waals surface area contributed by atoms with E-state index in [0.29, 0.717) is 23.2 Å². The van der Waals surface area contributed by atoms with Crippen LogP contribution in [0.15, 0.2) is 30.6 Å². The molecule has 3 aromatic rings. The summed E-state index contributed by atoms with van der Waals surface area (Å²) < 4.78 is 7.17. The van der Waals surface area contributed by atoms with Gasteiger partial charge in [-0.2, -0.15) is 0 Å². The van der Waals surface area contributed by atoms with E-state index in [1.807, 2.05) is 19.2 Å². The Morgan fingerprint density at radius 3 is 2.89 bits per heavy atom. The number of carbonyl (C=O) groups is 1. The molecule has 2 N–H and O–H groups in total. The Labute approximate surface area is 162 Å². The molecule has 9 heteroatoms. The number of aromatic nitrogens is 4. The third kappa shape index (κ3) is 3.61. The Bertz CT molecular complexity index is 999. The number of rotatable bonds is 4. The zero-order valence-electron chi connectivity index (χ0n) is 16.1. The number of piperazine rings is 1. The third-order valence-electron chi connectivity index (χ3n) is 4.72. The smallest absolute Gasteiger partial charge is 0.262 e. The second-order valence-electron chi connectivity index (χ2n) is 6.94. The summed E-state index contributed by atoms with van der Waals surface area (Å²) in [6, 6.07) is 5.78. The summed E-state index contributed by atoms with van der Waals surface area (Å²) in [5.74, 6) is 1.33. The van der Waals surface area contributed by atoms with Crippen molar-refractivity contribution in [1.29, 1.82) is 0 Å². The first-order valence-electron chi connectivity index (χ1n) is 9.20. The first kappa shape index (κ1) is 18.2. The molecule has 0 aromatic carbocycles. The lowest BCUT2D eigenvalue weighted by Crippen LogP contribution is -2.49. The van der Waals surface area contributed by atoms with Crippen LogP contribution in [-0.2, 0) is 0 Å². The van der Waals surface area contributed by atoms with Crippen LogP contribution in [0.3, 0.4) is 0 Å². The van der Waals surface area contributed by atoms with Crippen LogP contribution in [0.1, 0.15) is 23.0 Å². The minimum absolute atomic E-state index is 0.317. The summed E-state index contributed by atoms with van der Waals surface area (Å²) in [6.07, 6.45) is 3.56. The summed E-state index contributed by atoms with van der Waals surface area (Å²) in [4.78, 5) is 19.3. The lowest BCUT2D eigenvalue weighted by Gasteiger charge is -2.32. The maximum Gasteiger partial charge on any atom is 0.262 e. The van der Waals surface area contributed by atoms with E-state index in [0.717, 1.165) is 36.8 Å². The number of ether oxygens (including phenoxy) is 1. The van der Waals surface area contributed by atoms with Gasteiger partial charge in [0.1, 0.15) is 11.4 Å². The molecule has 1 atom stereocenters. The van der Waals surface area contributed by atoms with Gasteiger partial charge >= 0.3 is 0 Å². The minimum atomic E-state index is -0.317. The Kier molecular flexibility index (Phi) is 4.82. The van der Waals surface area contributed by atoms with Crippen LogP contribution in [0.5, 0.6) is 5.75 Å². The normalized spacial score (nSPS) is 17.0. The number of nitrogens with one attached hydrogen (secondary N) is 2. The molecular weight excluding hydrogens is 358 g/mol. The van der Waals surface area contributed by atoms with E-state index in [9.17, 15) is 4.79 Å². The van der Waals surface area contributed by atoms with Crippen molar-refractivity contribution in [3.05, 3.63) is 41.9 Å². The molecule has 1 aliphatic heterocycles. The van der Waals surface area contributed by atoms with Gasteiger partial charge in [-0.15, -0.1) is 10.2 Å². The van der Waals surface area contributed by atoms with Gasteiger partial charge in [-0.1, -0.05) is 0 Å². The van der Waals surface area contributed by atoms with E-state index in [1.54, 1.807) is 22.7 Å². The maximum atomic E-state index is 12.8. The van der Waals surface area contributed by atoms with Crippen LogP contribution >= 0.6 is 0 Å². The fraction of sp³-hybridized carbons (Fsp3) is 0.368. The standard InChI is InChI=1S/C19H23N7O2/c1-12-9-25(7-6-20-12)17-5-4-16(23-24-17)22-19(27)14-11-26-10-13(2)21-18(26)8-15(14)28-3/h4-5,8,10-12,20H,6-7,9H2,1-3H3,(H,22,23,27). The Balaban J connectivity index is 1.52. The van der Waals surface area contributed by atoms with Gasteiger partial charge in [0.15, 0.2) is 11.6 Å². The van der Waals surface area contributed by atoms with Crippen LogP contribution in [-0.4, -0.2) is 58.3 Å². The second kappa shape index (κ2) is 7.43. The molecule has 1 fully saturated rings. The van der Waals surface area contributed by atoms with E-state index < -0.39 is 0 Å². The number of hydrogen-bond acceptors (Lipinski definition) is 7. The maximum absolute atomic E-state index is 12.8. The van der Waals surface area contributed by atoms with Crippen molar-refractivity contribution in [3.8, 4) is 5.75 Å². The van der Waals surface area contributed by atoms with E-state index in [2.05, 4.69) is 37.6 Å². The van der Waals surface area contributed by atoms with Gasteiger partial charge in [0.05, 0.1) is 18.4 Å². The summed E-state index contributed by atoms with van der Waals surface area (Å²) in [7, 11) is 1.53. The fourth-order valence-electron chi connectivity index (χ4n) is 3.37. The summed E-state index contributed by atoms with van der Waals surface area (Å²) in [5.41, 5.74) is 1.98. The van der Waals surface area contributed by atoms with E-state index in [-0.39, 0.29) is 5.91 Å². The van der Waals surface area contributed by atoms with E-state index in [4.69, 9.17) is 4.74 Å². The van der Waals surface area contributed by atoms with Crippen molar-refractivity contribution >= 4 is 23.2 Å². The first-order valence-corrected chi connectivity index (χ1v) is 9.20. The van der Waals surface area contributed by atoms with Gasteiger partial charge in [0.2, 0.25) is 0 Å². The molecule has 1 unspecified atom stereocenters.